The molecule has 1 aliphatic heterocycles. The molecule has 162 valence electrons. The number of amides is 1. The fraction of sp³-hybridized carbons (Fsp3) is 0.458. The Morgan fingerprint density at radius 2 is 1.94 bits per heavy atom. The van der Waals surface area contributed by atoms with Crippen LogP contribution in [0.2, 0.25) is 0 Å². The Morgan fingerprint density at radius 1 is 1.13 bits per heavy atom. The molecule has 0 spiro atoms. The van der Waals surface area contributed by atoms with E-state index in [2.05, 4.69) is 0 Å². The summed E-state index contributed by atoms with van der Waals surface area (Å²) in [6.45, 7) is 3.71. The van der Waals surface area contributed by atoms with Crippen LogP contribution in [-0.2, 0) is 17.6 Å². The Kier molecular flexibility index (Phi) is 5.89. The van der Waals surface area contributed by atoms with Crippen LogP contribution < -0.4 is 5.56 Å². The molecule has 31 heavy (non-hydrogen) atoms. The van der Waals surface area contributed by atoms with E-state index in [0.29, 0.717) is 10.9 Å². The van der Waals surface area contributed by atoms with Gasteiger partial charge in [0.05, 0.1) is 16.8 Å². The van der Waals surface area contributed by atoms with Gasteiger partial charge in [-0.05, 0) is 75.1 Å². The van der Waals surface area contributed by atoms with Gasteiger partial charge in [-0.2, -0.15) is 0 Å². The van der Waals surface area contributed by atoms with Gasteiger partial charge in [-0.1, -0.05) is 23.9 Å². The van der Waals surface area contributed by atoms with E-state index in [1.54, 1.807) is 15.9 Å². The second-order valence-corrected chi connectivity index (χ2v) is 10.5. The minimum atomic E-state index is 0.00271. The minimum absolute atomic E-state index is 0.00271. The number of thioether (sulfide) groups is 1. The van der Waals surface area contributed by atoms with Crippen LogP contribution >= 0.6 is 23.1 Å². The zero-order chi connectivity index (χ0) is 21.4. The van der Waals surface area contributed by atoms with Crippen molar-refractivity contribution in [2.24, 2.45) is 0 Å². The number of aromatic nitrogens is 2. The summed E-state index contributed by atoms with van der Waals surface area (Å²) in [6, 6.07) is 7.97. The van der Waals surface area contributed by atoms with Gasteiger partial charge in [-0.3, -0.25) is 14.2 Å². The van der Waals surface area contributed by atoms with E-state index >= 15 is 0 Å². The lowest BCUT2D eigenvalue weighted by Gasteiger charge is -2.26. The van der Waals surface area contributed by atoms with Crippen LogP contribution in [0.15, 0.2) is 34.2 Å². The zero-order valence-corrected chi connectivity index (χ0v) is 19.5. The van der Waals surface area contributed by atoms with Crippen molar-refractivity contribution in [3.05, 3.63) is 50.6 Å². The first-order valence-electron chi connectivity index (χ1n) is 11.2. The van der Waals surface area contributed by atoms with E-state index in [9.17, 15) is 9.59 Å². The Hall–Kier alpha value is -2.12. The number of piperidine rings is 1. The molecule has 5 nitrogen and oxygen atoms in total. The molecule has 0 N–H and O–H groups in total. The number of hydrogen-bond donors (Lipinski definition) is 0. The van der Waals surface area contributed by atoms with Crippen molar-refractivity contribution in [2.75, 3.05) is 18.8 Å². The van der Waals surface area contributed by atoms with Crippen molar-refractivity contribution < 1.29 is 4.79 Å². The van der Waals surface area contributed by atoms with Crippen LogP contribution in [0.1, 0.15) is 48.1 Å². The van der Waals surface area contributed by atoms with Crippen molar-refractivity contribution in [3.63, 3.8) is 0 Å². The number of fused-ring (bicyclic) bond motifs is 3. The number of rotatable bonds is 4. The molecule has 1 aromatic carbocycles. The Labute approximate surface area is 190 Å². The number of nitrogens with zero attached hydrogens (tertiary/aromatic N) is 3. The molecular weight excluding hydrogens is 426 g/mol. The van der Waals surface area contributed by atoms with Crippen molar-refractivity contribution in [1.29, 1.82) is 0 Å². The largest absolute Gasteiger partial charge is 0.342 e. The van der Waals surface area contributed by atoms with Gasteiger partial charge in [-0.15, -0.1) is 11.3 Å². The molecule has 5 rings (SSSR count). The Balaban J connectivity index is 1.57. The third-order valence-corrected chi connectivity index (χ3v) is 8.36. The van der Waals surface area contributed by atoms with Gasteiger partial charge in [0.1, 0.15) is 4.83 Å². The summed E-state index contributed by atoms with van der Waals surface area (Å²) >= 11 is 3.06. The number of carbonyl (C=O) groups excluding carboxylic acids is 1. The SMILES string of the molecule is Cc1cccc(-n2c(SCC(=O)N3CCCCC3)nc3sc4c(c3c2=O)CCCC4)c1. The quantitative estimate of drug-likeness (QED) is 0.423. The van der Waals surface area contributed by atoms with E-state index in [1.165, 1.54) is 35.0 Å². The zero-order valence-electron chi connectivity index (χ0n) is 17.9. The molecule has 1 saturated heterocycles. The number of thiophene rings is 1. The summed E-state index contributed by atoms with van der Waals surface area (Å²) in [5.41, 5.74) is 3.12. The second kappa shape index (κ2) is 8.79. The first-order chi connectivity index (χ1) is 15.1. The maximum atomic E-state index is 13.8. The highest BCUT2D eigenvalue weighted by Gasteiger charge is 2.24. The minimum Gasteiger partial charge on any atom is -0.342 e. The van der Waals surface area contributed by atoms with Gasteiger partial charge in [0.2, 0.25) is 5.91 Å². The standard InChI is InChI=1S/C24H27N3O2S2/c1-16-8-7-9-17(14-16)27-23(29)21-18-10-3-4-11-19(18)31-22(21)25-24(27)30-15-20(28)26-12-5-2-6-13-26/h7-9,14H,2-6,10-13,15H2,1H3. The molecule has 0 saturated carbocycles. The summed E-state index contributed by atoms with van der Waals surface area (Å²) < 4.78 is 1.73. The summed E-state index contributed by atoms with van der Waals surface area (Å²) in [7, 11) is 0. The lowest BCUT2D eigenvalue weighted by atomic mass is 9.97. The predicted molar refractivity (Wildman–Crippen MR) is 128 cm³/mol. The molecule has 3 aromatic rings. The van der Waals surface area contributed by atoms with Gasteiger partial charge >= 0.3 is 0 Å². The molecule has 2 aromatic heterocycles. The molecule has 3 heterocycles. The maximum Gasteiger partial charge on any atom is 0.267 e. The number of carbonyl (C=O) groups is 1. The average Bonchev–Trinajstić information content (AvgIpc) is 3.16. The van der Waals surface area contributed by atoms with Crippen molar-refractivity contribution in [2.45, 2.75) is 57.0 Å². The molecule has 2 aliphatic rings. The molecule has 0 bridgehead atoms. The third-order valence-electron chi connectivity index (χ3n) is 6.25. The van der Waals surface area contributed by atoms with E-state index in [4.69, 9.17) is 4.98 Å². The lowest BCUT2D eigenvalue weighted by molar-refractivity contribution is -0.129. The van der Waals surface area contributed by atoms with Crippen LogP contribution in [0.4, 0.5) is 0 Å². The number of hydrogen-bond acceptors (Lipinski definition) is 5. The van der Waals surface area contributed by atoms with Crippen molar-refractivity contribution in [3.8, 4) is 5.69 Å². The van der Waals surface area contributed by atoms with E-state index in [1.807, 2.05) is 36.1 Å². The van der Waals surface area contributed by atoms with E-state index in [-0.39, 0.29) is 11.5 Å². The number of benzene rings is 1. The summed E-state index contributed by atoms with van der Waals surface area (Å²) in [6.07, 6.45) is 7.66. The summed E-state index contributed by atoms with van der Waals surface area (Å²) in [5.74, 6) is 0.454. The molecule has 1 amide bonds. The highest BCUT2D eigenvalue weighted by atomic mass is 32.2. The topological polar surface area (TPSA) is 55.2 Å². The Bertz CT molecular complexity index is 1190. The number of likely N-dealkylation sites (tertiary alicyclic amines) is 1. The van der Waals surface area contributed by atoms with Gasteiger partial charge < -0.3 is 4.90 Å². The van der Waals surface area contributed by atoms with Crippen LogP contribution in [0.5, 0.6) is 0 Å². The monoisotopic (exact) mass is 453 g/mol. The molecule has 0 radical (unpaired) electrons. The van der Waals surface area contributed by atoms with Crippen molar-refractivity contribution in [1.82, 2.24) is 14.5 Å². The van der Waals surface area contributed by atoms with E-state index < -0.39 is 0 Å². The van der Waals surface area contributed by atoms with E-state index in [0.717, 1.165) is 66.7 Å². The maximum absolute atomic E-state index is 13.8. The van der Waals surface area contributed by atoms with Crippen molar-refractivity contribution >= 4 is 39.2 Å². The molecule has 1 fully saturated rings. The fourth-order valence-corrected chi connectivity index (χ4v) is 6.86. The molecular formula is C24H27N3O2S2. The third kappa shape index (κ3) is 4.05. The predicted octanol–water partition coefficient (Wildman–Crippen LogP) is 4.74. The normalized spacial score (nSPS) is 16.5. The molecule has 7 heteroatoms. The second-order valence-electron chi connectivity index (χ2n) is 8.50. The van der Waals surface area contributed by atoms with Gasteiger partial charge in [0.15, 0.2) is 5.16 Å². The highest BCUT2D eigenvalue weighted by Crippen LogP contribution is 2.35. The smallest absolute Gasteiger partial charge is 0.267 e. The van der Waals surface area contributed by atoms with Gasteiger partial charge in [-0.25, -0.2) is 4.98 Å². The van der Waals surface area contributed by atoms with Crippen LogP contribution in [0.25, 0.3) is 15.9 Å². The molecule has 0 atom stereocenters. The Morgan fingerprint density at radius 3 is 2.74 bits per heavy atom. The van der Waals surface area contributed by atoms with Gasteiger partial charge in [0, 0.05) is 18.0 Å². The van der Waals surface area contributed by atoms with Crippen LogP contribution in [-0.4, -0.2) is 39.2 Å². The molecule has 0 unspecified atom stereocenters. The highest BCUT2D eigenvalue weighted by molar-refractivity contribution is 7.99. The first kappa shape index (κ1) is 20.8. The fourth-order valence-electron chi connectivity index (χ4n) is 4.64. The summed E-state index contributed by atoms with van der Waals surface area (Å²) in [4.78, 5) is 35.6. The lowest BCUT2D eigenvalue weighted by Crippen LogP contribution is -2.36. The average molecular weight is 454 g/mol. The summed E-state index contributed by atoms with van der Waals surface area (Å²) in [5, 5.41) is 1.40. The van der Waals surface area contributed by atoms with Gasteiger partial charge in [0.25, 0.3) is 5.56 Å². The molecule has 1 aliphatic carbocycles. The number of aryl methyl sites for hydroxylation is 3. The van der Waals surface area contributed by atoms with Crippen LogP contribution in [0.3, 0.4) is 0 Å². The first-order valence-corrected chi connectivity index (χ1v) is 13.0. The van der Waals surface area contributed by atoms with Crippen LogP contribution in [0, 0.1) is 6.92 Å².